The van der Waals surface area contributed by atoms with Gasteiger partial charge in [-0.25, -0.2) is 0 Å². The summed E-state index contributed by atoms with van der Waals surface area (Å²) < 4.78 is 0. The van der Waals surface area contributed by atoms with Gasteiger partial charge < -0.3 is 4.90 Å². The second-order valence-corrected chi connectivity index (χ2v) is 2.73. The Morgan fingerprint density at radius 2 is 2.33 bits per heavy atom. The fraction of sp³-hybridized carbons (Fsp3) is 0.500. The van der Waals surface area contributed by atoms with Gasteiger partial charge in [-0.1, -0.05) is 6.92 Å². The Balaban J connectivity index is 2.82. The zero-order valence-electron chi connectivity index (χ0n) is 7.51. The SMILES string of the molecule is CCc1[c]c(C(=O)N(C)C)n[nH]1. The molecule has 0 aliphatic heterocycles. The Bertz CT molecular complexity index is 278. The highest BCUT2D eigenvalue weighted by Crippen LogP contribution is 2.00. The minimum atomic E-state index is -0.119. The number of carbonyl (C=O) groups is 1. The first-order valence-electron chi connectivity index (χ1n) is 3.83. The van der Waals surface area contributed by atoms with E-state index in [0.717, 1.165) is 12.1 Å². The fourth-order valence-electron chi connectivity index (χ4n) is 0.803. The predicted octanol–water partition coefficient (Wildman–Crippen LogP) is 0.474. The van der Waals surface area contributed by atoms with Crippen LogP contribution in [0, 0.1) is 6.07 Å². The Morgan fingerprint density at radius 1 is 1.67 bits per heavy atom. The van der Waals surface area contributed by atoms with Crippen molar-refractivity contribution in [3.05, 3.63) is 17.5 Å². The average Bonchev–Trinajstić information content (AvgIpc) is 2.50. The first kappa shape index (κ1) is 8.77. The maximum Gasteiger partial charge on any atom is 0.274 e. The van der Waals surface area contributed by atoms with Crippen molar-refractivity contribution in [2.45, 2.75) is 13.3 Å². The average molecular weight is 166 g/mol. The number of H-pyrrole nitrogens is 1. The van der Waals surface area contributed by atoms with E-state index in [1.807, 2.05) is 6.92 Å². The molecule has 0 aliphatic carbocycles. The molecule has 0 unspecified atom stereocenters. The maximum absolute atomic E-state index is 11.3. The Morgan fingerprint density at radius 3 is 2.75 bits per heavy atom. The van der Waals surface area contributed by atoms with Crippen LogP contribution in [-0.4, -0.2) is 35.1 Å². The summed E-state index contributed by atoms with van der Waals surface area (Å²) >= 11 is 0. The Kier molecular flexibility index (Phi) is 2.47. The summed E-state index contributed by atoms with van der Waals surface area (Å²) in [6.45, 7) is 1.98. The van der Waals surface area contributed by atoms with Crippen molar-refractivity contribution in [1.29, 1.82) is 0 Å². The van der Waals surface area contributed by atoms with Crippen LogP contribution >= 0.6 is 0 Å². The molecule has 0 aliphatic rings. The Labute approximate surface area is 71.6 Å². The number of nitrogens with one attached hydrogen (secondary N) is 1. The van der Waals surface area contributed by atoms with Crippen molar-refractivity contribution in [2.75, 3.05) is 14.1 Å². The van der Waals surface area contributed by atoms with Gasteiger partial charge >= 0.3 is 0 Å². The lowest BCUT2D eigenvalue weighted by molar-refractivity contribution is 0.0821. The lowest BCUT2D eigenvalue weighted by Gasteiger charge is -2.05. The number of aromatic nitrogens is 2. The summed E-state index contributed by atoms with van der Waals surface area (Å²) in [5, 5.41) is 6.57. The van der Waals surface area contributed by atoms with Crippen molar-refractivity contribution >= 4 is 5.91 Å². The number of carbonyl (C=O) groups excluding carboxylic acids is 1. The third kappa shape index (κ3) is 1.64. The van der Waals surface area contributed by atoms with Gasteiger partial charge in [0, 0.05) is 25.9 Å². The number of aromatic amines is 1. The van der Waals surface area contributed by atoms with Gasteiger partial charge in [-0.15, -0.1) is 0 Å². The first-order valence-corrected chi connectivity index (χ1v) is 3.83. The number of amides is 1. The normalized spacial score (nSPS) is 9.92. The van der Waals surface area contributed by atoms with Crippen LogP contribution in [0.4, 0.5) is 0 Å². The number of hydrogen-bond donors (Lipinski definition) is 1. The van der Waals surface area contributed by atoms with E-state index in [9.17, 15) is 4.79 Å². The molecule has 0 bridgehead atoms. The molecule has 0 spiro atoms. The molecule has 12 heavy (non-hydrogen) atoms. The van der Waals surface area contributed by atoms with Gasteiger partial charge in [0.25, 0.3) is 5.91 Å². The summed E-state index contributed by atoms with van der Waals surface area (Å²) in [5.41, 5.74) is 1.22. The van der Waals surface area contributed by atoms with Gasteiger partial charge in [0.05, 0.1) is 0 Å². The van der Waals surface area contributed by atoms with E-state index in [4.69, 9.17) is 0 Å². The largest absolute Gasteiger partial charge is 0.343 e. The molecule has 0 fully saturated rings. The smallest absolute Gasteiger partial charge is 0.274 e. The van der Waals surface area contributed by atoms with Crippen LogP contribution in [0.25, 0.3) is 0 Å². The van der Waals surface area contributed by atoms with Crippen LogP contribution in [0.5, 0.6) is 0 Å². The van der Waals surface area contributed by atoms with Crippen LogP contribution in [0.15, 0.2) is 0 Å². The summed E-state index contributed by atoms with van der Waals surface area (Å²) in [6, 6.07) is 2.89. The molecular weight excluding hydrogens is 154 g/mol. The molecule has 1 aromatic rings. The molecule has 4 nitrogen and oxygen atoms in total. The quantitative estimate of drug-likeness (QED) is 0.694. The highest BCUT2D eigenvalue weighted by Gasteiger charge is 2.11. The van der Waals surface area contributed by atoms with E-state index in [-0.39, 0.29) is 5.91 Å². The van der Waals surface area contributed by atoms with E-state index in [1.165, 1.54) is 4.90 Å². The van der Waals surface area contributed by atoms with Crippen LogP contribution < -0.4 is 0 Å². The Hall–Kier alpha value is -1.32. The van der Waals surface area contributed by atoms with Gasteiger partial charge in [-0.05, 0) is 6.42 Å². The molecule has 1 rings (SSSR count). The van der Waals surface area contributed by atoms with Gasteiger partial charge in [-0.3, -0.25) is 9.89 Å². The van der Waals surface area contributed by atoms with E-state index in [1.54, 1.807) is 14.1 Å². The van der Waals surface area contributed by atoms with E-state index in [0.29, 0.717) is 5.69 Å². The number of aryl methyl sites for hydroxylation is 1. The van der Waals surface area contributed by atoms with Crippen LogP contribution in [0.1, 0.15) is 23.1 Å². The summed E-state index contributed by atoms with van der Waals surface area (Å²) in [6.07, 6.45) is 0.813. The van der Waals surface area contributed by atoms with Crippen LogP contribution in [0.2, 0.25) is 0 Å². The summed E-state index contributed by atoms with van der Waals surface area (Å²) in [4.78, 5) is 12.8. The molecule has 65 valence electrons. The molecular formula is C8H12N3O. The molecule has 0 aromatic carbocycles. The van der Waals surface area contributed by atoms with Crippen molar-refractivity contribution < 1.29 is 4.79 Å². The predicted molar refractivity (Wildman–Crippen MR) is 44.8 cm³/mol. The van der Waals surface area contributed by atoms with Crippen LogP contribution in [0.3, 0.4) is 0 Å². The first-order chi connectivity index (χ1) is 5.65. The second kappa shape index (κ2) is 3.38. The van der Waals surface area contributed by atoms with Gasteiger partial charge in [-0.2, -0.15) is 5.10 Å². The number of nitrogens with zero attached hydrogens (tertiary/aromatic N) is 2. The monoisotopic (exact) mass is 166 g/mol. The van der Waals surface area contributed by atoms with Crippen LogP contribution in [-0.2, 0) is 6.42 Å². The molecule has 0 saturated heterocycles. The molecule has 0 saturated carbocycles. The maximum atomic E-state index is 11.3. The third-order valence-electron chi connectivity index (χ3n) is 1.53. The lowest BCUT2D eigenvalue weighted by atomic mass is 10.3. The van der Waals surface area contributed by atoms with E-state index in [2.05, 4.69) is 16.3 Å². The highest BCUT2D eigenvalue weighted by atomic mass is 16.2. The van der Waals surface area contributed by atoms with E-state index < -0.39 is 0 Å². The van der Waals surface area contributed by atoms with E-state index >= 15 is 0 Å². The minimum absolute atomic E-state index is 0.119. The molecule has 1 amide bonds. The topological polar surface area (TPSA) is 49.0 Å². The summed E-state index contributed by atoms with van der Waals surface area (Å²) in [7, 11) is 3.38. The second-order valence-electron chi connectivity index (χ2n) is 2.73. The van der Waals surface area contributed by atoms with Crippen molar-refractivity contribution in [3.63, 3.8) is 0 Å². The third-order valence-corrected chi connectivity index (χ3v) is 1.53. The zero-order valence-corrected chi connectivity index (χ0v) is 7.51. The number of hydrogen-bond acceptors (Lipinski definition) is 2. The molecule has 4 heteroatoms. The van der Waals surface area contributed by atoms with Gasteiger partial charge in [0.2, 0.25) is 0 Å². The molecule has 1 N–H and O–H groups in total. The summed E-state index contributed by atoms with van der Waals surface area (Å²) in [5.74, 6) is -0.119. The zero-order chi connectivity index (χ0) is 9.14. The van der Waals surface area contributed by atoms with Gasteiger partial charge in [0.1, 0.15) is 0 Å². The number of rotatable bonds is 2. The minimum Gasteiger partial charge on any atom is -0.343 e. The highest BCUT2D eigenvalue weighted by molar-refractivity contribution is 5.91. The molecule has 1 aromatic heterocycles. The van der Waals surface area contributed by atoms with Crippen molar-refractivity contribution in [1.82, 2.24) is 15.1 Å². The standard InChI is InChI=1S/C8H12N3O/c1-4-6-5-7(10-9-6)8(12)11(2)3/h4H2,1-3H3,(H,9,10). The molecule has 1 radical (unpaired) electrons. The molecule has 0 atom stereocenters. The van der Waals surface area contributed by atoms with Crippen molar-refractivity contribution in [3.8, 4) is 0 Å². The fourth-order valence-corrected chi connectivity index (χ4v) is 0.803. The van der Waals surface area contributed by atoms with Crippen molar-refractivity contribution in [2.24, 2.45) is 0 Å². The molecule has 1 heterocycles. The van der Waals surface area contributed by atoms with Gasteiger partial charge in [0.15, 0.2) is 5.69 Å². The lowest BCUT2D eigenvalue weighted by Crippen LogP contribution is -2.22.